The summed E-state index contributed by atoms with van der Waals surface area (Å²) < 4.78 is 10.2. The number of amides is 2. The van der Waals surface area contributed by atoms with Gasteiger partial charge in [-0.05, 0) is 19.8 Å². The van der Waals surface area contributed by atoms with E-state index in [1.807, 2.05) is 0 Å². The minimum absolute atomic E-state index is 0.0628. The van der Waals surface area contributed by atoms with Crippen molar-refractivity contribution in [2.75, 3.05) is 19.7 Å². The number of furan rings is 1. The lowest BCUT2D eigenvalue weighted by Gasteiger charge is -2.31. The quantitative estimate of drug-likeness (QED) is 0.909. The molecular formula is C15H19N3O4. The van der Waals surface area contributed by atoms with Crippen LogP contribution in [0.4, 0.5) is 4.79 Å². The number of aromatic amines is 1. The second-order valence-electron chi connectivity index (χ2n) is 5.32. The van der Waals surface area contributed by atoms with Crippen LogP contribution in [0.2, 0.25) is 0 Å². The number of nitrogens with zero attached hydrogens (tertiary/aromatic N) is 1. The molecule has 2 N–H and O–H groups in total. The maximum absolute atomic E-state index is 12.2. The molecule has 0 bridgehead atoms. The average Bonchev–Trinajstić information content (AvgIpc) is 3.09. The summed E-state index contributed by atoms with van der Waals surface area (Å²) in [6.45, 7) is 3.36. The highest BCUT2D eigenvalue weighted by Crippen LogP contribution is 2.17. The Morgan fingerprint density at radius 2 is 2.23 bits per heavy atom. The lowest BCUT2D eigenvalue weighted by molar-refractivity contribution is 0.0857. The number of likely N-dealkylation sites (tertiary alicyclic amines) is 1. The molecule has 7 nitrogen and oxygen atoms in total. The number of carbonyl (C=O) groups is 2. The topological polar surface area (TPSA) is 87.6 Å². The van der Waals surface area contributed by atoms with Gasteiger partial charge >= 0.3 is 6.09 Å². The Bertz CT molecular complexity index is 639. The first-order valence-corrected chi connectivity index (χ1v) is 7.46. The highest BCUT2D eigenvalue weighted by atomic mass is 16.6. The second-order valence-corrected chi connectivity index (χ2v) is 5.32. The molecular weight excluding hydrogens is 286 g/mol. The molecule has 2 aromatic heterocycles. The smallest absolute Gasteiger partial charge is 0.409 e. The molecule has 0 saturated carbocycles. The first-order chi connectivity index (χ1) is 10.7. The molecule has 0 atom stereocenters. The summed E-state index contributed by atoms with van der Waals surface area (Å²) in [6, 6.07) is 3.54. The molecule has 1 aliphatic rings. The van der Waals surface area contributed by atoms with Crippen LogP contribution in [-0.2, 0) is 4.74 Å². The van der Waals surface area contributed by atoms with Gasteiger partial charge in [0.1, 0.15) is 5.69 Å². The number of fused-ring (bicyclic) bond motifs is 1. The minimum Gasteiger partial charge on any atom is -0.463 e. The zero-order valence-electron chi connectivity index (χ0n) is 12.4. The summed E-state index contributed by atoms with van der Waals surface area (Å²) in [5.41, 5.74) is 1.96. The Balaban J connectivity index is 1.53. The van der Waals surface area contributed by atoms with Crippen molar-refractivity contribution < 1.29 is 18.7 Å². The van der Waals surface area contributed by atoms with E-state index in [1.54, 1.807) is 30.2 Å². The van der Waals surface area contributed by atoms with Crippen molar-refractivity contribution in [3.8, 4) is 0 Å². The molecule has 3 rings (SSSR count). The SMILES string of the molecule is CCOC(=O)N1CCC(NC(=O)c2cc3occc3[nH]2)CC1. The zero-order chi connectivity index (χ0) is 15.5. The first-order valence-electron chi connectivity index (χ1n) is 7.46. The molecule has 1 saturated heterocycles. The Labute approximate surface area is 127 Å². The van der Waals surface area contributed by atoms with Gasteiger partial charge < -0.3 is 24.4 Å². The van der Waals surface area contributed by atoms with Crippen molar-refractivity contribution in [2.24, 2.45) is 0 Å². The van der Waals surface area contributed by atoms with E-state index in [0.717, 1.165) is 18.4 Å². The minimum atomic E-state index is -0.281. The van der Waals surface area contributed by atoms with E-state index in [-0.39, 0.29) is 18.0 Å². The molecule has 3 heterocycles. The summed E-state index contributed by atoms with van der Waals surface area (Å²) in [5, 5.41) is 2.99. The maximum atomic E-state index is 12.2. The number of hydrogen-bond acceptors (Lipinski definition) is 4. The third-order valence-electron chi connectivity index (χ3n) is 3.84. The van der Waals surface area contributed by atoms with E-state index in [0.29, 0.717) is 31.0 Å². The number of ether oxygens (including phenoxy) is 1. The Morgan fingerprint density at radius 1 is 1.45 bits per heavy atom. The van der Waals surface area contributed by atoms with Gasteiger partial charge in [0.05, 0.1) is 18.4 Å². The van der Waals surface area contributed by atoms with Crippen LogP contribution in [0.3, 0.4) is 0 Å². The van der Waals surface area contributed by atoms with Crippen molar-refractivity contribution in [3.63, 3.8) is 0 Å². The lowest BCUT2D eigenvalue weighted by atomic mass is 10.1. The summed E-state index contributed by atoms with van der Waals surface area (Å²) in [7, 11) is 0. The molecule has 0 aromatic carbocycles. The van der Waals surface area contributed by atoms with E-state index in [2.05, 4.69) is 10.3 Å². The standard InChI is InChI=1S/C15H19N3O4/c1-2-21-15(20)18-6-3-10(4-7-18)16-14(19)12-9-13-11(17-12)5-8-22-13/h5,8-10,17H,2-4,6-7H2,1H3,(H,16,19). The number of hydrogen-bond donors (Lipinski definition) is 2. The lowest BCUT2D eigenvalue weighted by Crippen LogP contribution is -2.46. The van der Waals surface area contributed by atoms with Gasteiger partial charge in [-0.2, -0.15) is 0 Å². The van der Waals surface area contributed by atoms with Crippen LogP contribution in [-0.4, -0.2) is 47.6 Å². The molecule has 0 radical (unpaired) electrons. The molecule has 0 aliphatic carbocycles. The van der Waals surface area contributed by atoms with Crippen LogP contribution in [0, 0.1) is 0 Å². The summed E-state index contributed by atoms with van der Waals surface area (Å²) in [5.74, 6) is -0.152. The van der Waals surface area contributed by atoms with E-state index in [4.69, 9.17) is 9.15 Å². The predicted molar refractivity (Wildman–Crippen MR) is 79.6 cm³/mol. The third-order valence-corrected chi connectivity index (χ3v) is 3.84. The summed E-state index contributed by atoms with van der Waals surface area (Å²) in [6.07, 6.45) is 2.74. The molecule has 2 aromatic rings. The fraction of sp³-hybridized carbons (Fsp3) is 0.467. The Morgan fingerprint density at radius 3 is 2.91 bits per heavy atom. The van der Waals surface area contributed by atoms with E-state index >= 15 is 0 Å². The van der Waals surface area contributed by atoms with Crippen LogP contribution in [0.5, 0.6) is 0 Å². The second kappa shape index (κ2) is 6.13. The van der Waals surface area contributed by atoms with Gasteiger partial charge in [0, 0.05) is 31.3 Å². The molecule has 1 aliphatic heterocycles. The summed E-state index contributed by atoms with van der Waals surface area (Å²) >= 11 is 0. The van der Waals surface area contributed by atoms with Crippen LogP contribution >= 0.6 is 0 Å². The molecule has 1 fully saturated rings. The highest BCUT2D eigenvalue weighted by molar-refractivity contribution is 5.96. The van der Waals surface area contributed by atoms with Crippen molar-refractivity contribution in [2.45, 2.75) is 25.8 Å². The molecule has 22 heavy (non-hydrogen) atoms. The number of piperidine rings is 1. The van der Waals surface area contributed by atoms with Crippen molar-refractivity contribution in [1.82, 2.24) is 15.2 Å². The number of rotatable bonds is 3. The van der Waals surface area contributed by atoms with Crippen LogP contribution in [0.15, 0.2) is 22.8 Å². The van der Waals surface area contributed by atoms with E-state index in [9.17, 15) is 9.59 Å². The monoisotopic (exact) mass is 305 g/mol. The molecule has 7 heteroatoms. The van der Waals surface area contributed by atoms with Crippen LogP contribution in [0.1, 0.15) is 30.3 Å². The molecule has 2 amide bonds. The van der Waals surface area contributed by atoms with Gasteiger partial charge in [0.15, 0.2) is 5.58 Å². The summed E-state index contributed by atoms with van der Waals surface area (Å²) in [4.78, 5) is 28.5. The maximum Gasteiger partial charge on any atom is 0.409 e. The van der Waals surface area contributed by atoms with Crippen molar-refractivity contribution in [1.29, 1.82) is 0 Å². The Hall–Kier alpha value is -2.44. The van der Waals surface area contributed by atoms with Gasteiger partial charge in [0.2, 0.25) is 0 Å². The zero-order valence-corrected chi connectivity index (χ0v) is 12.4. The first kappa shape index (κ1) is 14.5. The van der Waals surface area contributed by atoms with Crippen molar-refractivity contribution in [3.05, 3.63) is 24.1 Å². The fourth-order valence-corrected chi connectivity index (χ4v) is 2.65. The molecule has 0 spiro atoms. The number of aromatic nitrogens is 1. The van der Waals surface area contributed by atoms with Crippen LogP contribution in [0.25, 0.3) is 11.1 Å². The largest absolute Gasteiger partial charge is 0.463 e. The van der Waals surface area contributed by atoms with Gasteiger partial charge in [-0.1, -0.05) is 0 Å². The van der Waals surface area contributed by atoms with Crippen LogP contribution < -0.4 is 5.32 Å². The normalized spacial score (nSPS) is 16.0. The van der Waals surface area contributed by atoms with Gasteiger partial charge in [-0.15, -0.1) is 0 Å². The number of nitrogens with one attached hydrogen (secondary N) is 2. The fourth-order valence-electron chi connectivity index (χ4n) is 2.65. The predicted octanol–water partition coefficient (Wildman–Crippen LogP) is 2.11. The highest BCUT2D eigenvalue weighted by Gasteiger charge is 2.25. The van der Waals surface area contributed by atoms with E-state index < -0.39 is 0 Å². The number of carbonyl (C=O) groups excluding carboxylic acids is 2. The Kier molecular flexibility index (Phi) is 4.04. The van der Waals surface area contributed by atoms with Gasteiger partial charge in [-0.25, -0.2) is 4.79 Å². The average molecular weight is 305 g/mol. The van der Waals surface area contributed by atoms with Crippen molar-refractivity contribution >= 4 is 23.1 Å². The van der Waals surface area contributed by atoms with Gasteiger partial charge in [0.25, 0.3) is 5.91 Å². The molecule has 0 unspecified atom stereocenters. The number of H-pyrrole nitrogens is 1. The van der Waals surface area contributed by atoms with Gasteiger partial charge in [-0.3, -0.25) is 4.79 Å². The third kappa shape index (κ3) is 2.93. The molecule has 118 valence electrons. The van der Waals surface area contributed by atoms with E-state index in [1.165, 1.54) is 0 Å².